The van der Waals surface area contributed by atoms with Gasteiger partial charge in [0.2, 0.25) is 5.89 Å². The molecule has 0 amide bonds. The molecule has 1 atom stereocenters. The molecule has 1 aliphatic rings. The smallest absolute Gasteiger partial charge is 0.240 e. The van der Waals surface area contributed by atoms with Crippen molar-refractivity contribution in [3.63, 3.8) is 0 Å². The van der Waals surface area contributed by atoms with Crippen molar-refractivity contribution in [2.75, 3.05) is 20.3 Å². The zero-order valence-electron chi connectivity index (χ0n) is 12.2. The minimum Gasteiger partial charge on any atom is -0.384 e. The van der Waals surface area contributed by atoms with Gasteiger partial charge in [-0.25, -0.2) is 0 Å². The Bertz CT molecular complexity index is 558. The molecule has 21 heavy (non-hydrogen) atoms. The molecule has 2 aromatic rings. The normalized spacial score (nSPS) is 19.2. The first-order valence-electron chi connectivity index (χ1n) is 7.32. The fraction of sp³-hybridized carbons (Fsp3) is 0.533. The predicted octanol–water partition coefficient (Wildman–Crippen LogP) is 1.99. The molecule has 2 aromatic heterocycles. The third-order valence-corrected chi connectivity index (χ3v) is 3.77. The van der Waals surface area contributed by atoms with Gasteiger partial charge in [0.15, 0.2) is 5.82 Å². The van der Waals surface area contributed by atoms with Crippen LogP contribution in [0.5, 0.6) is 0 Å². The van der Waals surface area contributed by atoms with Crippen LogP contribution in [0.25, 0.3) is 0 Å². The first kappa shape index (κ1) is 14.2. The first-order chi connectivity index (χ1) is 10.4. The summed E-state index contributed by atoms with van der Waals surface area (Å²) in [5, 5.41) is 3.99. The Hall–Kier alpha value is -1.79. The van der Waals surface area contributed by atoms with Gasteiger partial charge in [0.1, 0.15) is 0 Å². The lowest BCUT2D eigenvalue weighted by atomic mass is 10.1. The number of likely N-dealkylation sites (tertiary alicyclic amines) is 1. The molecule has 0 radical (unpaired) electrons. The third-order valence-electron chi connectivity index (χ3n) is 3.77. The molecule has 6 nitrogen and oxygen atoms in total. The van der Waals surface area contributed by atoms with E-state index in [9.17, 15) is 0 Å². The number of rotatable bonds is 6. The second-order valence-corrected chi connectivity index (χ2v) is 5.23. The van der Waals surface area contributed by atoms with Crippen LogP contribution in [-0.2, 0) is 17.7 Å². The fourth-order valence-corrected chi connectivity index (χ4v) is 2.75. The van der Waals surface area contributed by atoms with Crippen LogP contribution in [-0.4, -0.2) is 40.3 Å². The lowest BCUT2D eigenvalue weighted by Gasteiger charge is -2.21. The lowest BCUT2D eigenvalue weighted by molar-refractivity contribution is 0.198. The van der Waals surface area contributed by atoms with Gasteiger partial charge in [-0.2, -0.15) is 4.98 Å². The molecule has 0 N–H and O–H groups in total. The molecule has 1 saturated heterocycles. The van der Waals surface area contributed by atoms with Gasteiger partial charge < -0.3 is 9.26 Å². The van der Waals surface area contributed by atoms with Crippen molar-refractivity contribution in [2.24, 2.45) is 0 Å². The predicted molar refractivity (Wildman–Crippen MR) is 76.5 cm³/mol. The summed E-state index contributed by atoms with van der Waals surface area (Å²) in [6.07, 6.45) is 4.83. The Morgan fingerprint density at radius 1 is 1.43 bits per heavy atom. The molecule has 1 aliphatic heterocycles. The molecule has 112 valence electrons. The average molecular weight is 288 g/mol. The molecule has 6 heteroatoms. The van der Waals surface area contributed by atoms with E-state index in [0.29, 0.717) is 37.3 Å². The molecule has 0 spiro atoms. The quantitative estimate of drug-likeness (QED) is 0.810. The number of nitrogens with zero attached hydrogens (tertiary/aromatic N) is 4. The highest BCUT2D eigenvalue weighted by Gasteiger charge is 2.28. The second kappa shape index (κ2) is 6.78. The minimum atomic E-state index is 0.348. The Morgan fingerprint density at radius 3 is 3.19 bits per heavy atom. The van der Waals surface area contributed by atoms with Crippen LogP contribution in [0.4, 0.5) is 0 Å². The Morgan fingerprint density at radius 2 is 2.38 bits per heavy atom. The van der Waals surface area contributed by atoms with Crippen LogP contribution in [0.15, 0.2) is 28.9 Å². The summed E-state index contributed by atoms with van der Waals surface area (Å²) in [4.78, 5) is 11.3. The van der Waals surface area contributed by atoms with Gasteiger partial charge in [-0.05, 0) is 31.5 Å². The van der Waals surface area contributed by atoms with Crippen LogP contribution >= 0.6 is 0 Å². The van der Waals surface area contributed by atoms with E-state index in [1.54, 1.807) is 7.11 Å². The van der Waals surface area contributed by atoms with E-state index in [-0.39, 0.29) is 0 Å². The number of aromatic nitrogens is 3. The number of hydrogen-bond acceptors (Lipinski definition) is 6. The van der Waals surface area contributed by atoms with E-state index in [2.05, 4.69) is 26.1 Å². The van der Waals surface area contributed by atoms with Gasteiger partial charge >= 0.3 is 0 Å². The van der Waals surface area contributed by atoms with E-state index < -0.39 is 0 Å². The van der Waals surface area contributed by atoms with E-state index >= 15 is 0 Å². The Labute approximate surface area is 124 Å². The number of pyridine rings is 1. The van der Waals surface area contributed by atoms with Crippen molar-refractivity contribution in [1.29, 1.82) is 0 Å². The molecular weight excluding hydrogens is 268 g/mol. The van der Waals surface area contributed by atoms with Crippen molar-refractivity contribution in [2.45, 2.75) is 31.8 Å². The lowest BCUT2D eigenvalue weighted by Crippen LogP contribution is -2.23. The maximum Gasteiger partial charge on any atom is 0.240 e. The van der Waals surface area contributed by atoms with Crippen molar-refractivity contribution >= 4 is 0 Å². The Kier molecular flexibility index (Phi) is 4.57. The van der Waals surface area contributed by atoms with Crippen LogP contribution < -0.4 is 0 Å². The van der Waals surface area contributed by atoms with Gasteiger partial charge in [0.05, 0.1) is 24.9 Å². The summed E-state index contributed by atoms with van der Waals surface area (Å²) < 4.78 is 10.4. The zero-order chi connectivity index (χ0) is 14.5. The van der Waals surface area contributed by atoms with E-state index in [1.807, 2.05) is 18.3 Å². The summed E-state index contributed by atoms with van der Waals surface area (Å²) in [5.41, 5.74) is 1.12. The molecule has 1 fully saturated rings. The minimum absolute atomic E-state index is 0.348. The highest BCUT2D eigenvalue weighted by atomic mass is 16.5. The van der Waals surface area contributed by atoms with Crippen molar-refractivity contribution in [3.05, 3.63) is 41.8 Å². The summed E-state index contributed by atoms with van der Waals surface area (Å²) in [5.74, 6) is 1.38. The molecule has 0 saturated carbocycles. The van der Waals surface area contributed by atoms with Crippen molar-refractivity contribution in [3.8, 4) is 0 Å². The number of ether oxygens (including phenoxy) is 1. The highest BCUT2D eigenvalue weighted by molar-refractivity contribution is 5.10. The summed E-state index contributed by atoms with van der Waals surface area (Å²) in [7, 11) is 1.67. The number of methoxy groups -OCH3 is 1. The molecule has 0 unspecified atom stereocenters. The summed E-state index contributed by atoms with van der Waals surface area (Å²) in [6.45, 7) is 2.33. The zero-order valence-corrected chi connectivity index (χ0v) is 12.2. The SMILES string of the molecule is COCCc1noc(CN2CCC[C@H]2c2ccccn2)n1. The van der Waals surface area contributed by atoms with Gasteiger partial charge in [-0.1, -0.05) is 11.2 Å². The van der Waals surface area contributed by atoms with Crippen LogP contribution in [0.2, 0.25) is 0 Å². The third kappa shape index (κ3) is 3.46. The van der Waals surface area contributed by atoms with E-state index in [4.69, 9.17) is 9.26 Å². The average Bonchev–Trinajstić information content (AvgIpc) is 3.16. The molecular formula is C15H20N4O2. The number of hydrogen-bond donors (Lipinski definition) is 0. The maximum atomic E-state index is 5.33. The van der Waals surface area contributed by atoms with Gasteiger partial charge in [0.25, 0.3) is 0 Å². The summed E-state index contributed by atoms with van der Waals surface area (Å²) >= 11 is 0. The van der Waals surface area contributed by atoms with E-state index in [1.165, 1.54) is 6.42 Å². The standard InChI is InChI=1S/C15H20N4O2/c1-20-10-7-14-17-15(21-18-14)11-19-9-4-6-13(19)12-5-2-3-8-16-12/h2-3,5,8,13H,4,6-7,9-11H2,1H3/t13-/m0/s1. The molecule has 3 heterocycles. The fourth-order valence-electron chi connectivity index (χ4n) is 2.75. The van der Waals surface area contributed by atoms with Crippen LogP contribution in [0.3, 0.4) is 0 Å². The largest absolute Gasteiger partial charge is 0.384 e. The molecule has 0 bridgehead atoms. The van der Waals surface area contributed by atoms with Crippen molar-refractivity contribution < 1.29 is 9.26 Å². The van der Waals surface area contributed by atoms with Crippen molar-refractivity contribution in [1.82, 2.24) is 20.0 Å². The van der Waals surface area contributed by atoms with Gasteiger partial charge in [-0.3, -0.25) is 9.88 Å². The second-order valence-electron chi connectivity index (χ2n) is 5.23. The van der Waals surface area contributed by atoms with E-state index in [0.717, 1.165) is 18.7 Å². The Balaban J connectivity index is 1.65. The van der Waals surface area contributed by atoms with Gasteiger partial charge in [0, 0.05) is 19.7 Å². The monoisotopic (exact) mass is 288 g/mol. The van der Waals surface area contributed by atoms with Crippen LogP contribution in [0, 0.1) is 0 Å². The first-order valence-corrected chi connectivity index (χ1v) is 7.32. The topological polar surface area (TPSA) is 64.3 Å². The molecule has 0 aliphatic carbocycles. The van der Waals surface area contributed by atoms with Crippen LogP contribution in [0.1, 0.15) is 36.3 Å². The maximum absolute atomic E-state index is 5.33. The highest BCUT2D eigenvalue weighted by Crippen LogP contribution is 2.31. The van der Waals surface area contributed by atoms with Gasteiger partial charge in [-0.15, -0.1) is 0 Å². The summed E-state index contributed by atoms with van der Waals surface area (Å²) in [6, 6.07) is 6.42. The molecule has 0 aromatic carbocycles. The molecule has 3 rings (SSSR count).